The zero-order valence-corrected chi connectivity index (χ0v) is 7.55. The summed E-state index contributed by atoms with van der Waals surface area (Å²) in [6, 6.07) is 1.18. The van der Waals surface area contributed by atoms with Gasteiger partial charge in [-0.3, -0.25) is 5.11 Å². The molecule has 0 saturated carbocycles. The molecule has 1 heterocycles. The fourth-order valence-corrected chi connectivity index (χ4v) is 1.11. The van der Waals surface area contributed by atoms with Gasteiger partial charge in [-0.2, -0.15) is 4.37 Å². The van der Waals surface area contributed by atoms with Gasteiger partial charge in [0.2, 0.25) is 0 Å². The summed E-state index contributed by atoms with van der Waals surface area (Å²) in [7, 11) is 0. The average Bonchev–Trinajstić information content (AvgIpc) is 2.34. The predicted molar refractivity (Wildman–Crippen MR) is 42.8 cm³/mol. The van der Waals surface area contributed by atoms with Crippen LogP contribution >= 0.6 is 11.5 Å². The Balaban J connectivity index is 2.65. The first-order chi connectivity index (χ1) is 5.59. The van der Waals surface area contributed by atoms with Crippen molar-refractivity contribution in [3.63, 3.8) is 0 Å². The third kappa shape index (κ3) is 2.20. The van der Waals surface area contributed by atoms with Gasteiger partial charge in [-0.1, -0.05) is 0 Å². The second-order valence-corrected chi connectivity index (χ2v) is 3.25. The molecule has 0 aliphatic carbocycles. The van der Waals surface area contributed by atoms with E-state index < -0.39 is 5.97 Å². The van der Waals surface area contributed by atoms with Gasteiger partial charge < -0.3 is 4.74 Å². The van der Waals surface area contributed by atoms with Crippen molar-refractivity contribution in [2.24, 2.45) is 0 Å². The lowest BCUT2D eigenvalue weighted by Gasteiger charge is -2.04. The minimum atomic E-state index is -0.539. The highest BCUT2D eigenvalue weighted by atomic mass is 32.1. The summed E-state index contributed by atoms with van der Waals surface area (Å²) in [4.78, 5) is 11.1. The van der Waals surface area contributed by atoms with Crippen LogP contribution < -0.4 is 0 Å². The zero-order chi connectivity index (χ0) is 9.14. The third-order valence-electron chi connectivity index (χ3n) is 1.04. The molecule has 65 valence electrons. The maximum atomic E-state index is 11.1. The first-order valence-electron chi connectivity index (χ1n) is 3.44. The van der Waals surface area contributed by atoms with Crippen molar-refractivity contribution in [1.29, 1.82) is 0 Å². The van der Waals surface area contributed by atoms with Crippen LogP contribution in [0.25, 0.3) is 0 Å². The van der Waals surface area contributed by atoms with E-state index in [1.807, 2.05) is 0 Å². The summed E-state index contributed by atoms with van der Waals surface area (Å²) in [5.74, 6) is -0.539. The first-order valence-corrected chi connectivity index (χ1v) is 4.21. The highest BCUT2D eigenvalue weighted by Crippen LogP contribution is 2.18. The van der Waals surface area contributed by atoms with Gasteiger partial charge in [0.05, 0.1) is 6.10 Å². The molecule has 0 spiro atoms. The number of carbonyl (C=O) groups excluding carboxylic acids is 1. The van der Waals surface area contributed by atoms with Crippen LogP contribution in [-0.4, -0.2) is 16.4 Å². The molecule has 0 aliphatic rings. The Morgan fingerprint density at radius 3 is 2.75 bits per heavy atom. The number of hydrogen-bond donors (Lipinski definition) is 0. The topological polar surface area (TPSA) is 59.1 Å². The maximum absolute atomic E-state index is 11.1. The quantitative estimate of drug-likeness (QED) is 0.662. The Kier molecular flexibility index (Phi) is 2.65. The van der Waals surface area contributed by atoms with Crippen LogP contribution in [0.2, 0.25) is 0 Å². The molecule has 0 N–H and O–H groups in total. The fourth-order valence-electron chi connectivity index (χ4n) is 0.629. The number of ether oxygens (including phenoxy) is 1. The number of rotatable bonds is 2. The molecule has 0 amide bonds. The summed E-state index contributed by atoms with van der Waals surface area (Å²) in [5.41, 5.74) is 0.0960. The smallest absolute Gasteiger partial charge is 0.358 e. The number of hydrogen-bond acceptors (Lipinski definition) is 4. The van der Waals surface area contributed by atoms with Crippen LogP contribution in [0.3, 0.4) is 0 Å². The van der Waals surface area contributed by atoms with Gasteiger partial charge in [-0.25, -0.2) is 4.79 Å². The van der Waals surface area contributed by atoms with Gasteiger partial charge in [-0.15, -0.1) is 0 Å². The predicted octanol–water partition coefficient (Wildman–Crippen LogP) is 1.85. The standard InChI is InChI=1S/C7H8NO3S/c1-4(2)11-7(10)5-3-6(9)12-8-5/h3-4H,1-2H3. The van der Waals surface area contributed by atoms with Gasteiger partial charge in [0.1, 0.15) is 0 Å². The molecule has 1 radical (unpaired) electrons. The van der Waals surface area contributed by atoms with Gasteiger partial charge >= 0.3 is 5.97 Å². The van der Waals surface area contributed by atoms with E-state index in [9.17, 15) is 9.90 Å². The second-order valence-electron chi connectivity index (χ2n) is 2.49. The molecule has 1 aromatic heterocycles. The minimum Gasteiger partial charge on any atom is -0.458 e. The Hall–Kier alpha value is -1.10. The van der Waals surface area contributed by atoms with Gasteiger partial charge in [0.25, 0.3) is 5.06 Å². The molecule has 0 aromatic carbocycles. The fraction of sp³-hybridized carbons (Fsp3) is 0.429. The Morgan fingerprint density at radius 2 is 2.33 bits per heavy atom. The van der Waals surface area contributed by atoms with Gasteiger partial charge in [-0.05, 0) is 13.8 Å². The van der Waals surface area contributed by atoms with Crippen molar-refractivity contribution in [2.75, 3.05) is 0 Å². The first kappa shape index (κ1) is 8.99. The lowest BCUT2D eigenvalue weighted by molar-refractivity contribution is 0.0372. The molecule has 0 bridgehead atoms. The highest BCUT2D eigenvalue weighted by molar-refractivity contribution is 7.07. The number of carbonyl (C=O) groups is 1. The van der Waals surface area contributed by atoms with Gasteiger partial charge in [0, 0.05) is 17.6 Å². The molecule has 0 aliphatic heterocycles. The van der Waals surface area contributed by atoms with E-state index in [1.54, 1.807) is 13.8 Å². The molecule has 12 heavy (non-hydrogen) atoms. The van der Waals surface area contributed by atoms with E-state index in [2.05, 4.69) is 4.37 Å². The van der Waals surface area contributed by atoms with Crippen molar-refractivity contribution >= 4 is 17.5 Å². The van der Waals surface area contributed by atoms with E-state index in [0.29, 0.717) is 0 Å². The van der Waals surface area contributed by atoms with E-state index in [4.69, 9.17) is 4.74 Å². The normalized spacial score (nSPS) is 10.2. The van der Waals surface area contributed by atoms with Crippen LogP contribution in [0.1, 0.15) is 24.3 Å². The van der Waals surface area contributed by atoms with Crippen molar-refractivity contribution < 1.29 is 14.6 Å². The van der Waals surface area contributed by atoms with Gasteiger partial charge in [0.15, 0.2) is 5.69 Å². The van der Waals surface area contributed by atoms with Crippen LogP contribution in [-0.2, 0) is 9.84 Å². The van der Waals surface area contributed by atoms with Crippen LogP contribution in [0, 0.1) is 0 Å². The summed E-state index contributed by atoms with van der Waals surface area (Å²) in [6.07, 6.45) is -0.186. The lowest BCUT2D eigenvalue weighted by Crippen LogP contribution is -2.11. The SMILES string of the molecule is CC(C)OC(=O)c1cc([O])sn1. The molecule has 5 heteroatoms. The number of esters is 1. The molecular weight excluding hydrogens is 178 g/mol. The van der Waals surface area contributed by atoms with Crippen molar-refractivity contribution in [3.8, 4) is 5.06 Å². The minimum absolute atomic E-state index is 0.0960. The summed E-state index contributed by atoms with van der Waals surface area (Å²) in [6.45, 7) is 3.48. The largest absolute Gasteiger partial charge is 0.458 e. The number of aromatic nitrogens is 1. The van der Waals surface area contributed by atoms with Crippen LogP contribution in [0.5, 0.6) is 5.06 Å². The Morgan fingerprint density at radius 1 is 1.67 bits per heavy atom. The summed E-state index contributed by atoms with van der Waals surface area (Å²) >= 11 is 0.753. The highest BCUT2D eigenvalue weighted by Gasteiger charge is 2.13. The average molecular weight is 186 g/mol. The number of nitrogens with zero attached hydrogens (tertiary/aromatic N) is 1. The molecule has 0 unspecified atom stereocenters. The van der Waals surface area contributed by atoms with Crippen LogP contribution in [0.15, 0.2) is 6.07 Å². The zero-order valence-electron chi connectivity index (χ0n) is 6.73. The molecule has 4 nitrogen and oxygen atoms in total. The van der Waals surface area contributed by atoms with Crippen molar-refractivity contribution in [1.82, 2.24) is 4.37 Å². The van der Waals surface area contributed by atoms with Crippen LogP contribution in [0.4, 0.5) is 0 Å². The molecule has 1 aromatic rings. The molecule has 0 fully saturated rings. The van der Waals surface area contributed by atoms with E-state index in [1.165, 1.54) is 6.07 Å². The Labute approximate surface area is 74.0 Å². The lowest BCUT2D eigenvalue weighted by atomic mass is 10.4. The molecular formula is C7H8NO3S. The van der Waals surface area contributed by atoms with Crippen molar-refractivity contribution in [2.45, 2.75) is 20.0 Å². The maximum Gasteiger partial charge on any atom is 0.358 e. The van der Waals surface area contributed by atoms with E-state index in [0.717, 1.165) is 11.5 Å². The molecule has 1 rings (SSSR count). The monoisotopic (exact) mass is 186 g/mol. The summed E-state index contributed by atoms with van der Waals surface area (Å²) in [5, 5.41) is 10.4. The second kappa shape index (κ2) is 3.53. The third-order valence-corrected chi connectivity index (χ3v) is 1.63. The van der Waals surface area contributed by atoms with E-state index in [-0.39, 0.29) is 16.9 Å². The molecule has 0 saturated heterocycles. The van der Waals surface area contributed by atoms with Crippen molar-refractivity contribution in [3.05, 3.63) is 11.8 Å². The summed E-state index contributed by atoms with van der Waals surface area (Å²) < 4.78 is 8.44. The molecule has 0 atom stereocenters. The Bertz CT molecular complexity index is 282. The van der Waals surface area contributed by atoms with E-state index >= 15 is 0 Å².